The summed E-state index contributed by atoms with van der Waals surface area (Å²) in [6.07, 6.45) is 1.26. The Morgan fingerprint density at radius 3 is 2.94 bits per heavy atom. The molecule has 3 rings (SSSR count). The summed E-state index contributed by atoms with van der Waals surface area (Å²) in [5, 5.41) is 1.16. The van der Waals surface area contributed by atoms with Crippen LogP contribution in [-0.4, -0.2) is 11.1 Å². The van der Waals surface area contributed by atoms with Crippen molar-refractivity contribution in [2.24, 2.45) is 0 Å². The fraction of sp³-hybridized carbons (Fsp3) is 0.357. The molecule has 1 aliphatic rings. The Morgan fingerprint density at radius 2 is 2.12 bits per heavy atom. The van der Waals surface area contributed by atoms with Gasteiger partial charge in [0.15, 0.2) is 0 Å². The molecule has 16 heavy (non-hydrogen) atoms. The number of hydrogen-bond acceptors (Lipinski definition) is 2. The summed E-state index contributed by atoms with van der Waals surface area (Å²) in [5.74, 6) is 1.05. The molecule has 0 saturated heterocycles. The third-order valence-electron chi connectivity index (χ3n) is 3.21. The monoisotopic (exact) mass is 213 g/mol. The van der Waals surface area contributed by atoms with Gasteiger partial charge in [0.05, 0.1) is 5.52 Å². The van der Waals surface area contributed by atoms with Gasteiger partial charge in [-0.25, -0.2) is 0 Å². The third kappa shape index (κ3) is 1.29. The first-order valence-corrected chi connectivity index (χ1v) is 5.71. The minimum absolute atomic E-state index is 0.279. The molecule has 0 saturated carbocycles. The molecule has 0 bridgehead atoms. The molecule has 0 N–H and O–H groups in total. The number of aryl methyl sites for hydroxylation is 2. The Hall–Kier alpha value is -1.57. The van der Waals surface area contributed by atoms with Crippen molar-refractivity contribution >= 4 is 10.9 Å². The van der Waals surface area contributed by atoms with E-state index in [1.165, 1.54) is 11.1 Å². The summed E-state index contributed by atoms with van der Waals surface area (Å²) >= 11 is 0. The van der Waals surface area contributed by atoms with Crippen molar-refractivity contribution in [2.75, 3.05) is 0 Å². The van der Waals surface area contributed by atoms with Gasteiger partial charge in [-0.05, 0) is 32.9 Å². The lowest BCUT2D eigenvalue weighted by Gasteiger charge is -2.08. The zero-order chi connectivity index (χ0) is 11.3. The number of fused-ring (bicyclic) bond motifs is 3. The minimum Gasteiger partial charge on any atom is -0.489 e. The van der Waals surface area contributed by atoms with E-state index in [2.05, 4.69) is 44.0 Å². The third-order valence-corrected chi connectivity index (χ3v) is 3.21. The van der Waals surface area contributed by atoms with Crippen LogP contribution in [0.3, 0.4) is 0 Å². The van der Waals surface area contributed by atoms with Gasteiger partial charge in [0.25, 0.3) is 0 Å². The highest BCUT2D eigenvalue weighted by Gasteiger charge is 2.24. The molecule has 0 fully saturated rings. The molecule has 0 aliphatic carbocycles. The molecular weight excluding hydrogens is 198 g/mol. The van der Waals surface area contributed by atoms with E-state index in [1.807, 2.05) is 0 Å². The number of aromatic nitrogens is 1. The quantitative estimate of drug-likeness (QED) is 0.670. The predicted octanol–water partition coefficient (Wildman–Crippen LogP) is 3.18. The largest absolute Gasteiger partial charge is 0.489 e. The van der Waals surface area contributed by atoms with Crippen LogP contribution >= 0.6 is 0 Å². The van der Waals surface area contributed by atoms with Crippen molar-refractivity contribution in [1.29, 1.82) is 0 Å². The van der Waals surface area contributed by atoms with E-state index in [1.54, 1.807) is 0 Å². The van der Waals surface area contributed by atoms with Crippen molar-refractivity contribution in [3.8, 4) is 5.75 Å². The van der Waals surface area contributed by atoms with Gasteiger partial charge in [-0.15, -0.1) is 0 Å². The molecule has 2 heteroatoms. The second-order valence-corrected chi connectivity index (χ2v) is 4.66. The van der Waals surface area contributed by atoms with Gasteiger partial charge in [-0.3, -0.25) is 4.98 Å². The number of nitrogens with zero attached hydrogens (tertiary/aromatic N) is 1. The Kier molecular flexibility index (Phi) is 1.93. The average Bonchev–Trinajstić information content (AvgIpc) is 2.62. The van der Waals surface area contributed by atoms with Gasteiger partial charge in [0.2, 0.25) is 0 Å². The maximum Gasteiger partial charge on any atom is 0.134 e. The number of ether oxygens (including phenoxy) is 1. The molecule has 1 unspecified atom stereocenters. The zero-order valence-corrected chi connectivity index (χ0v) is 9.87. The molecule has 2 aromatic rings. The molecule has 82 valence electrons. The molecule has 2 nitrogen and oxygen atoms in total. The van der Waals surface area contributed by atoms with Crippen molar-refractivity contribution in [3.05, 3.63) is 35.0 Å². The molecule has 0 amide bonds. The molecule has 1 aliphatic heterocycles. The number of benzene rings is 1. The molecule has 1 atom stereocenters. The van der Waals surface area contributed by atoms with E-state index in [0.29, 0.717) is 0 Å². The average molecular weight is 213 g/mol. The van der Waals surface area contributed by atoms with Crippen LogP contribution in [0.2, 0.25) is 0 Å². The fourth-order valence-corrected chi connectivity index (χ4v) is 2.41. The molecular formula is C14H15NO. The first-order valence-electron chi connectivity index (χ1n) is 5.71. The van der Waals surface area contributed by atoms with Crippen LogP contribution in [0.1, 0.15) is 23.7 Å². The van der Waals surface area contributed by atoms with Crippen LogP contribution < -0.4 is 4.74 Å². The standard InChI is InChI=1S/C14H15NO/c1-8-4-5-13-12(6-8)14-11(10(3)15-13)7-9(2)16-14/h4-6,9H,7H2,1-3H3. The highest BCUT2D eigenvalue weighted by molar-refractivity contribution is 5.88. The SMILES string of the molecule is Cc1ccc2nc(C)c3c(c2c1)OC(C)C3. The summed E-state index contributed by atoms with van der Waals surface area (Å²) in [5.41, 5.74) is 4.68. The lowest BCUT2D eigenvalue weighted by Crippen LogP contribution is -2.05. The second kappa shape index (κ2) is 3.21. The summed E-state index contributed by atoms with van der Waals surface area (Å²) in [7, 11) is 0. The van der Waals surface area contributed by atoms with Gasteiger partial charge >= 0.3 is 0 Å². The number of rotatable bonds is 0. The molecule has 1 aromatic carbocycles. The van der Waals surface area contributed by atoms with Gasteiger partial charge < -0.3 is 4.74 Å². The van der Waals surface area contributed by atoms with Gasteiger partial charge in [0, 0.05) is 23.1 Å². The fourth-order valence-electron chi connectivity index (χ4n) is 2.41. The maximum atomic E-state index is 5.92. The highest BCUT2D eigenvalue weighted by atomic mass is 16.5. The van der Waals surface area contributed by atoms with Gasteiger partial charge in [0.1, 0.15) is 11.9 Å². The number of hydrogen-bond donors (Lipinski definition) is 0. The van der Waals surface area contributed by atoms with Gasteiger partial charge in [-0.2, -0.15) is 0 Å². The topological polar surface area (TPSA) is 22.1 Å². The van der Waals surface area contributed by atoms with E-state index in [0.717, 1.165) is 28.8 Å². The van der Waals surface area contributed by atoms with Crippen LogP contribution in [-0.2, 0) is 6.42 Å². The normalized spacial score (nSPS) is 18.6. The summed E-state index contributed by atoms with van der Waals surface area (Å²) in [6, 6.07) is 6.34. The Morgan fingerprint density at radius 1 is 1.31 bits per heavy atom. The van der Waals surface area contributed by atoms with E-state index in [9.17, 15) is 0 Å². The summed E-state index contributed by atoms with van der Waals surface area (Å²) in [4.78, 5) is 4.64. The van der Waals surface area contributed by atoms with Crippen LogP contribution in [0.15, 0.2) is 18.2 Å². The van der Waals surface area contributed by atoms with Crippen LogP contribution in [0.5, 0.6) is 5.75 Å². The second-order valence-electron chi connectivity index (χ2n) is 4.66. The molecule has 1 aromatic heterocycles. The smallest absolute Gasteiger partial charge is 0.134 e. The van der Waals surface area contributed by atoms with Crippen molar-refractivity contribution in [3.63, 3.8) is 0 Å². The first kappa shape index (κ1) is 9.64. The van der Waals surface area contributed by atoms with Crippen molar-refractivity contribution in [1.82, 2.24) is 4.98 Å². The summed E-state index contributed by atoms with van der Waals surface area (Å²) < 4.78 is 5.92. The molecule has 0 radical (unpaired) electrons. The molecule has 2 heterocycles. The number of pyridine rings is 1. The lowest BCUT2D eigenvalue weighted by molar-refractivity contribution is 0.257. The van der Waals surface area contributed by atoms with Crippen LogP contribution in [0.4, 0.5) is 0 Å². The maximum absolute atomic E-state index is 5.92. The van der Waals surface area contributed by atoms with Crippen molar-refractivity contribution < 1.29 is 4.74 Å². The Balaban J connectivity index is 2.38. The van der Waals surface area contributed by atoms with Crippen LogP contribution in [0.25, 0.3) is 10.9 Å². The van der Waals surface area contributed by atoms with E-state index < -0.39 is 0 Å². The van der Waals surface area contributed by atoms with E-state index >= 15 is 0 Å². The van der Waals surface area contributed by atoms with Gasteiger partial charge in [-0.1, -0.05) is 11.6 Å². The zero-order valence-electron chi connectivity index (χ0n) is 9.87. The highest BCUT2D eigenvalue weighted by Crippen LogP contribution is 2.37. The lowest BCUT2D eigenvalue weighted by atomic mass is 10.0. The Bertz CT molecular complexity index is 574. The first-order chi connectivity index (χ1) is 7.65. The van der Waals surface area contributed by atoms with E-state index in [4.69, 9.17) is 4.74 Å². The minimum atomic E-state index is 0.279. The van der Waals surface area contributed by atoms with Crippen LogP contribution in [0, 0.1) is 13.8 Å². The summed E-state index contributed by atoms with van der Waals surface area (Å²) in [6.45, 7) is 6.28. The Labute approximate surface area is 95.3 Å². The molecule has 0 spiro atoms. The van der Waals surface area contributed by atoms with Crippen molar-refractivity contribution in [2.45, 2.75) is 33.3 Å². The predicted molar refractivity (Wildman–Crippen MR) is 65.0 cm³/mol. The van der Waals surface area contributed by atoms with E-state index in [-0.39, 0.29) is 6.10 Å².